The second kappa shape index (κ2) is 5.61. The summed E-state index contributed by atoms with van der Waals surface area (Å²) in [6, 6.07) is 8.27. The summed E-state index contributed by atoms with van der Waals surface area (Å²) in [4.78, 5) is 13.7. The first kappa shape index (κ1) is 14.8. The van der Waals surface area contributed by atoms with Crippen LogP contribution in [0.15, 0.2) is 36.4 Å². The molecule has 1 aliphatic rings. The Kier molecular flexibility index (Phi) is 3.78. The Labute approximate surface area is 130 Å². The van der Waals surface area contributed by atoms with Crippen molar-refractivity contribution in [3.05, 3.63) is 59.2 Å². The number of phenolic OH excluding ortho intramolecular Hbond substituents is 1. The zero-order valence-electron chi connectivity index (χ0n) is 11.7. The van der Waals surface area contributed by atoms with E-state index >= 15 is 0 Å². The maximum atomic E-state index is 13.6. The van der Waals surface area contributed by atoms with E-state index < -0.39 is 22.8 Å². The number of phenols is 1. The molecule has 22 heavy (non-hydrogen) atoms. The maximum Gasteiger partial charge on any atom is 0.238 e. The Morgan fingerprint density at radius 2 is 2.00 bits per heavy atom. The van der Waals surface area contributed by atoms with Gasteiger partial charge in [0, 0.05) is 0 Å². The molecule has 6 heteroatoms. The van der Waals surface area contributed by atoms with Crippen molar-refractivity contribution in [1.82, 2.24) is 0 Å². The molecule has 0 radical (unpaired) electrons. The number of rotatable bonds is 2. The van der Waals surface area contributed by atoms with E-state index in [9.17, 15) is 18.7 Å². The number of amides is 1. The number of aryl methyl sites for hydroxylation is 1. The van der Waals surface area contributed by atoms with Gasteiger partial charge in [0.2, 0.25) is 5.91 Å². The summed E-state index contributed by atoms with van der Waals surface area (Å²) in [6.45, 7) is 1.79. The van der Waals surface area contributed by atoms with Crippen LogP contribution in [0.3, 0.4) is 0 Å². The first-order chi connectivity index (χ1) is 10.5. The van der Waals surface area contributed by atoms with Crippen LogP contribution in [0.2, 0.25) is 0 Å². The minimum atomic E-state index is -0.742. The minimum Gasteiger partial charge on any atom is -0.505 e. The summed E-state index contributed by atoms with van der Waals surface area (Å²) in [5.41, 5.74) is 1.80. The lowest BCUT2D eigenvalue weighted by atomic mass is 10.1. The topological polar surface area (TPSA) is 40.5 Å². The van der Waals surface area contributed by atoms with Crippen molar-refractivity contribution in [3.8, 4) is 5.75 Å². The number of carbonyl (C=O) groups is 1. The molecule has 3 nitrogen and oxygen atoms in total. The predicted octanol–water partition coefficient (Wildman–Crippen LogP) is 3.76. The molecular formula is C16H13F2NO2S. The number of anilines is 1. The molecule has 1 amide bonds. The summed E-state index contributed by atoms with van der Waals surface area (Å²) in [5.74, 6) is -1.53. The largest absolute Gasteiger partial charge is 0.505 e. The SMILES string of the molecule is Cc1ccc(F)cc1N1C(=O)CSC1c1ccc(O)c(F)c1. The summed E-state index contributed by atoms with van der Waals surface area (Å²) in [6.07, 6.45) is 0. The highest BCUT2D eigenvalue weighted by Crippen LogP contribution is 2.43. The maximum absolute atomic E-state index is 13.6. The van der Waals surface area contributed by atoms with E-state index in [4.69, 9.17) is 0 Å². The summed E-state index contributed by atoms with van der Waals surface area (Å²) in [5, 5.41) is 8.85. The first-order valence-electron chi connectivity index (χ1n) is 6.65. The summed E-state index contributed by atoms with van der Waals surface area (Å²) < 4.78 is 27.1. The van der Waals surface area contributed by atoms with Gasteiger partial charge < -0.3 is 5.11 Å². The normalized spacial score (nSPS) is 18.0. The Morgan fingerprint density at radius 1 is 1.23 bits per heavy atom. The zero-order valence-corrected chi connectivity index (χ0v) is 12.5. The minimum absolute atomic E-state index is 0.155. The Hall–Kier alpha value is -2.08. The fourth-order valence-corrected chi connectivity index (χ4v) is 3.61. The number of hydrogen-bond donors (Lipinski definition) is 1. The molecular weight excluding hydrogens is 308 g/mol. The molecule has 0 aliphatic carbocycles. The number of nitrogens with zero attached hydrogens (tertiary/aromatic N) is 1. The molecule has 1 saturated heterocycles. The standard InChI is InChI=1S/C16H13F2NO2S/c1-9-2-4-11(17)7-13(9)19-15(21)8-22-16(19)10-3-5-14(20)12(18)6-10/h2-7,16,20H,8H2,1H3. The van der Waals surface area contributed by atoms with E-state index in [-0.39, 0.29) is 11.7 Å². The number of benzene rings is 2. The molecule has 1 unspecified atom stereocenters. The molecule has 0 spiro atoms. The number of carbonyl (C=O) groups excluding carboxylic acids is 1. The van der Waals surface area contributed by atoms with Gasteiger partial charge in [-0.25, -0.2) is 8.78 Å². The van der Waals surface area contributed by atoms with Gasteiger partial charge in [0.05, 0.1) is 11.4 Å². The van der Waals surface area contributed by atoms with Crippen LogP contribution in [0.4, 0.5) is 14.5 Å². The van der Waals surface area contributed by atoms with Crippen molar-refractivity contribution < 1.29 is 18.7 Å². The van der Waals surface area contributed by atoms with Crippen molar-refractivity contribution in [3.63, 3.8) is 0 Å². The van der Waals surface area contributed by atoms with Crippen molar-refractivity contribution in [2.75, 3.05) is 10.7 Å². The quantitative estimate of drug-likeness (QED) is 0.915. The van der Waals surface area contributed by atoms with Gasteiger partial charge in [-0.15, -0.1) is 11.8 Å². The molecule has 1 aliphatic heterocycles. The highest BCUT2D eigenvalue weighted by Gasteiger charge is 2.35. The third-order valence-electron chi connectivity index (χ3n) is 3.56. The molecule has 1 N–H and O–H groups in total. The van der Waals surface area contributed by atoms with Gasteiger partial charge in [0.1, 0.15) is 11.2 Å². The van der Waals surface area contributed by atoms with E-state index in [1.54, 1.807) is 19.1 Å². The van der Waals surface area contributed by atoms with Crippen LogP contribution >= 0.6 is 11.8 Å². The highest BCUT2D eigenvalue weighted by molar-refractivity contribution is 8.00. The van der Waals surface area contributed by atoms with Gasteiger partial charge in [-0.2, -0.15) is 0 Å². The number of thioether (sulfide) groups is 1. The Morgan fingerprint density at radius 3 is 2.73 bits per heavy atom. The zero-order chi connectivity index (χ0) is 15.9. The fraction of sp³-hybridized carbons (Fsp3) is 0.188. The molecule has 2 aromatic rings. The number of halogens is 2. The second-order valence-electron chi connectivity index (χ2n) is 5.07. The first-order valence-corrected chi connectivity index (χ1v) is 7.70. The third kappa shape index (κ3) is 2.54. The van der Waals surface area contributed by atoms with Crippen LogP contribution in [-0.2, 0) is 4.79 Å². The van der Waals surface area contributed by atoms with Crippen molar-refractivity contribution in [2.45, 2.75) is 12.3 Å². The molecule has 114 valence electrons. The molecule has 1 fully saturated rings. The monoisotopic (exact) mass is 321 g/mol. The van der Waals surface area contributed by atoms with E-state index in [2.05, 4.69) is 0 Å². The van der Waals surface area contributed by atoms with Crippen LogP contribution < -0.4 is 4.90 Å². The van der Waals surface area contributed by atoms with Gasteiger partial charge in [-0.05, 0) is 42.3 Å². The Balaban J connectivity index is 2.05. The third-order valence-corrected chi connectivity index (χ3v) is 4.77. The molecule has 0 aromatic heterocycles. The average molecular weight is 321 g/mol. The molecule has 3 rings (SSSR count). The van der Waals surface area contributed by atoms with Crippen LogP contribution in [0.25, 0.3) is 0 Å². The molecule has 0 bridgehead atoms. The van der Waals surface area contributed by atoms with E-state index in [0.29, 0.717) is 11.3 Å². The van der Waals surface area contributed by atoms with E-state index in [1.165, 1.54) is 40.9 Å². The van der Waals surface area contributed by atoms with Crippen LogP contribution in [0.1, 0.15) is 16.5 Å². The van der Waals surface area contributed by atoms with Crippen molar-refractivity contribution in [1.29, 1.82) is 0 Å². The predicted molar refractivity (Wildman–Crippen MR) is 81.9 cm³/mol. The van der Waals surface area contributed by atoms with Crippen molar-refractivity contribution >= 4 is 23.4 Å². The molecule has 1 atom stereocenters. The molecule has 1 heterocycles. The lowest BCUT2D eigenvalue weighted by Crippen LogP contribution is -2.28. The average Bonchev–Trinajstić information content (AvgIpc) is 2.86. The van der Waals surface area contributed by atoms with Crippen molar-refractivity contribution in [2.24, 2.45) is 0 Å². The van der Waals surface area contributed by atoms with E-state index in [1.807, 2.05) is 0 Å². The van der Waals surface area contributed by atoms with Gasteiger partial charge in [-0.3, -0.25) is 9.69 Å². The van der Waals surface area contributed by atoms with Gasteiger partial charge in [0.25, 0.3) is 0 Å². The van der Waals surface area contributed by atoms with Gasteiger partial charge >= 0.3 is 0 Å². The lowest BCUT2D eigenvalue weighted by Gasteiger charge is -2.26. The van der Waals surface area contributed by atoms with Gasteiger partial charge in [-0.1, -0.05) is 12.1 Å². The lowest BCUT2D eigenvalue weighted by molar-refractivity contribution is -0.115. The number of aromatic hydroxyl groups is 1. The van der Waals surface area contributed by atoms with Crippen LogP contribution in [0, 0.1) is 18.6 Å². The Bertz CT molecular complexity index is 751. The van der Waals surface area contributed by atoms with Crippen LogP contribution in [-0.4, -0.2) is 16.8 Å². The number of hydrogen-bond acceptors (Lipinski definition) is 3. The summed E-state index contributed by atoms with van der Waals surface area (Å²) >= 11 is 1.34. The second-order valence-corrected chi connectivity index (χ2v) is 6.14. The summed E-state index contributed by atoms with van der Waals surface area (Å²) in [7, 11) is 0. The highest BCUT2D eigenvalue weighted by atomic mass is 32.2. The fourth-order valence-electron chi connectivity index (χ4n) is 2.45. The smallest absolute Gasteiger partial charge is 0.238 e. The van der Waals surface area contributed by atoms with Gasteiger partial charge in [0.15, 0.2) is 11.6 Å². The molecule has 2 aromatic carbocycles. The van der Waals surface area contributed by atoms with E-state index in [0.717, 1.165) is 5.56 Å². The molecule has 0 saturated carbocycles. The van der Waals surface area contributed by atoms with Crippen LogP contribution in [0.5, 0.6) is 5.75 Å².